The standard InChI is InChI=1S/C15H12N2O/c1-2-7-18-15-8-11(9-16)14(10-17)12-5-3-4-6-13(12)15/h3-6,8H,2,7H2,1H3. The van der Waals surface area contributed by atoms with Crippen LogP contribution in [0.5, 0.6) is 5.75 Å². The highest BCUT2D eigenvalue weighted by atomic mass is 16.5. The first-order chi connectivity index (χ1) is 8.81. The molecule has 3 heteroatoms. The zero-order chi connectivity index (χ0) is 13.0. The number of rotatable bonds is 3. The van der Waals surface area contributed by atoms with E-state index in [4.69, 9.17) is 10.00 Å². The van der Waals surface area contributed by atoms with Crippen molar-refractivity contribution in [2.45, 2.75) is 13.3 Å². The first-order valence-electron chi connectivity index (χ1n) is 5.80. The van der Waals surface area contributed by atoms with E-state index in [9.17, 15) is 5.26 Å². The molecule has 0 N–H and O–H groups in total. The maximum absolute atomic E-state index is 9.17. The number of hydrogen-bond acceptors (Lipinski definition) is 3. The van der Waals surface area contributed by atoms with Gasteiger partial charge in [-0.2, -0.15) is 10.5 Å². The molecule has 0 heterocycles. The molecule has 88 valence electrons. The summed E-state index contributed by atoms with van der Waals surface area (Å²) in [6, 6.07) is 13.3. The van der Waals surface area contributed by atoms with Crippen LogP contribution in [0.1, 0.15) is 24.5 Å². The van der Waals surface area contributed by atoms with Crippen LogP contribution in [0.15, 0.2) is 30.3 Å². The van der Waals surface area contributed by atoms with Crippen LogP contribution >= 0.6 is 0 Å². The van der Waals surface area contributed by atoms with Gasteiger partial charge in [0, 0.05) is 10.8 Å². The molecule has 0 amide bonds. The van der Waals surface area contributed by atoms with Gasteiger partial charge in [-0.15, -0.1) is 0 Å². The van der Waals surface area contributed by atoms with E-state index in [1.807, 2.05) is 31.2 Å². The minimum Gasteiger partial charge on any atom is -0.493 e. The van der Waals surface area contributed by atoms with Crippen LogP contribution in [-0.4, -0.2) is 6.61 Å². The van der Waals surface area contributed by atoms with Crippen molar-refractivity contribution >= 4 is 10.8 Å². The van der Waals surface area contributed by atoms with E-state index in [-0.39, 0.29) is 0 Å². The molecule has 2 aromatic carbocycles. The van der Waals surface area contributed by atoms with Gasteiger partial charge in [-0.25, -0.2) is 0 Å². The van der Waals surface area contributed by atoms with Crippen LogP contribution in [0.2, 0.25) is 0 Å². The fourth-order valence-electron chi connectivity index (χ4n) is 1.88. The van der Waals surface area contributed by atoms with E-state index in [0.29, 0.717) is 23.5 Å². The summed E-state index contributed by atoms with van der Waals surface area (Å²) in [6.45, 7) is 2.62. The molecule has 0 unspecified atom stereocenters. The minimum absolute atomic E-state index is 0.363. The summed E-state index contributed by atoms with van der Waals surface area (Å²) < 4.78 is 5.65. The van der Waals surface area contributed by atoms with E-state index < -0.39 is 0 Å². The highest BCUT2D eigenvalue weighted by Crippen LogP contribution is 2.31. The Labute approximate surface area is 106 Å². The number of nitrogens with zero attached hydrogens (tertiary/aromatic N) is 2. The molecule has 0 saturated heterocycles. The van der Waals surface area contributed by atoms with Gasteiger partial charge in [-0.1, -0.05) is 31.2 Å². The molecular weight excluding hydrogens is 224 g/mol. The van der Waals surface area contributed by atoms with Crippen LogP contribution in [0.3, 0.4) is 0 Å². The first-order valence-corrected chi connectivity index (χ1v) is 5.80. The Kier molecular flexibility index (Phi) is 3.46. The van der Waals surface area contributed by atoms with Crippen molar-refractivity contribution in [2.75, 3.05) is 6.61 Å². The molecule has 0 saturated carbocycles. The minimum atomic E-state index is 0.363. The topological polar surface area (TPSA) is 56.8 Å². The second-order valence-electron chi connectivity index (χ2n) is 3.91. The van der Waals surface area contributed by atoms with Crippen molar-refractivity contribution in [2.24, 2.45) is 0 Å². The van der Waals surface area contributed by atoms with E-state index in [1.165, 1.54) is 0 Å². The Hall–Kier alpha value is -2.52. The lowest BCUT2D eigenvalue weighted by Crippen LogP contribution is -1.98. The summed E-state index contributed by atoms with van der Waals surface area (Å²) in [7, 11) is 0. The Morgan fingerprint density at radius 3 is 2.44 bits per heavy atom. The number of hydrogen-bond donors (Lipinski definition) is 0. The molecule has 0 atom stereocenters. The lowest BCUT2D eigenvalue weighted by molar-refractivity contribution is 0.321. The molecule has 2 rings (SSSR count). The van der Waals surface area contributed by atoms with E-state index in [1.54, 1.807) is 6.07 Å². The summed E-state index contributed by atoms with van der Waals surface area (Å²) in [6.07, 6.45) is 0.899. The third-order valence-corrected chi connectivity index (χ3v) is 2.70. The number of ether oxygens (including phenoxy) is 1. The normalized spacial score (nSPS) is 9.72. The van der Waals surface area contributed by atoms with Gasteiger partial charge in [-0.3, -0.25) is 0 Å². The molecular formula is C15H12N2O. The van der Waals surface area contributed by atoms with Gasteiger partial charge in [-0.05, 0) is 12.5 Å². The third-order valence-electron chi connectivity index (χ3n) is 2.70. The Morgan fingerprint density at radius 2 is 1.83 bits per heavy atom. The van der Waals surface area contributed by atoms with Crippen LogP contribution in [0.25, 0.3) is 10.8 Å². The fourth-order valence-corrected chi connectivity index (χ4v) is 1.88. The Bertz CT molecular complexity index is 662. The van der Waals surface area contributed by atoms with Crippen molar-refractivity contribution in [1.29, 1.82) is 10.5 Å². The van der Waals surface area contributed by atoms with Gasteiger partial charge in [0.1, 0.15) is 17.9 Å². The van der Waals surface area contributed by atoms with E-state index in [0.717, 1.165) is 17.2 Å². The monoisotopic (exact) mass is 236 g/mol. The van der Waals surface area contributed by atoms with E-state index in [2.05, 4.69) is 12.1 Å². The smallest absolute Gasteiger partial charge is 0.128 e. The Balaban J connectivity index is 2.73. The highest BCUT2D eigenvalue weighted by Gasteiger charge is 2.12. The number of nitriles is 2. The van der Waals surface area contributed by atoms with Gasteiger partial charge >= 0.3 is 0 Å². The quantitative estimate of drug-likeness (QED) is 0.820. The molecule has 0 spiro atoms. The van der Waals surface area contributed by atoms with Crippen LogP contribution < -0.4 is 4.74 Å². The SMILES string of the molecule is CCCOc1cc(C#N)c(C#N)c2ccccc12. The second kappa shape index (κ2) is 5.21. The van der Waals surface area contributed by atoms with Gasteiger partial charge < -0.3 is 4.74 Å². The molecule has 0 aliphatic rings. The molecule has 0 aliphatic heterocycles. The van der Waals surface area contributed by atoms with Crippen LogP contribution in [-0.2, 0) is 0 Å². The van der Waals surface area contributed by atoms with Crippen molar-refractivity contribution < 1.29 is 4.74 Å². The van der Waals surface area contributed by atoms with Crippen molar-refractivity contribution in [3.05, 3.63) is 41.5 Å². The fraction of sp³-hybridized carbons (Fsp3) is 0.200. The third kappa shape index (κ3) is 1.99. The van der Waals surface area contributed by atoms with Gasteiger partial charge in [0.2, 0.25) is 0 Å². The largest absolute Gasteiger partial charge is 0.493 e. The summed E-state index contributed by atoms with van der Waals surface area (Å²) in [5.74, 6) is 0.669. The zero-order valence-electron chi connectivity index (χ0n) is 10.1. The van der Waals surface area contributed by atoms with Crippen molar-refractivity contribution in [3.63, 3.8) is 0 Å². The Morgan fingerprint density at radius 1 is 1.11 bits per heavy atom. The molecule has 3 nitrogen and oxygen atoms in total. The van der Waals surface area contributed by atoms with Gasteiger partial charge in [0.25, 0.3) is 0 Å². The highest BCUT2D eigenvalue weighted by molar-refractivity contribution is 5.94. The summed E-state index contributed by atoms with van der Waals surface area (Å²) in [4.78, 5) is 0. The number of benzene rings is 2. The molecule has 18 heavy (non-hydrogen) atoms. The maximum Gasteiger partial charge on any atom is 0.128 e. The molecule has 0 radical (unpaired) electrons. The average Bonchev–Trinajstić information content (AvgIpc) is 2.43. The summed E-state index contributed by atoms with van der Waals surface area (Å²) in [5.41, 5.74) is 0.777. The lowest BCUT2D eigenvalue weighted by atomic mass is 9.99. The van der Waals surface area contributed by atoms with Gasteiger partial charge in [0.15, 0.2) is 0 Å². The molecule has 0 aromatic heterocycles. The lowest BCUT2D eigenvalue weighted by Gasteiger charge is -2.10. The molecule has 0 fully saturated rings. The molecule has 0 aliphatic carbocycles. The van der Waals surface area contributed by atoms with Crippen molar-refractivity contribution in [3.8, 4) is 17.9 Å². The predicted molar refractivity (Wildman–Crippen MR) is 69.2 cm³/mol. The van der Waals surface area contributed by atoms with Crippen molar-refractivity contribution in [1.82, 2.24) is 0 Å². The predicted octanol–water partition coefficient (Wildman–Crippen LogP) is 3.37. The van der Waals surface area contributed by atoms with Crippen LogP contribution in [0.4, 0.5) is 0 Å². The molecule has 0 bridgehead atoms. The zero-order valence-corrected chi connectivity index (χ0v) is 10.1. The first kappa shape index (κ1) is 12.0. The maximum atomic E-state index is 9.17. The average molecular weight is 236 g/mol. The van der Waals surface area contributed by atoms with Gasteiger partial charge in [0.05, 0.1) is 17.7 Å². The van der Waals surface area contributed by atoms with E-state index >= 15 is 0 Å². The summed E-state index contributed by atoms with van der Waals surface area (Å²) in [5, 5.41) is 19.9. The summed E-state index contributed by atoms with van der Waals surface area (Å²) >= 11 is 0. The molecule has 2 aromatic rings. The second-order valence-corrected chi connectivity index (χ2v) is 3.91. The number of fused-ring (bicyclic) bond motifs is 1. The van der Waals surface area contributed by atoms with Crippen LogP contribution in [0, 0.1) is 22.7 Å².